The first-order chi connectivity index (χ1) is 9.63. The molecule has 1 saturated carbocycles. The number of hydrogen-bond acceptors (Lipinski definition) is 3. The molecule has 0 saturated heterocycles. The number of rotatable bonds is 3. The molecule has 0 atom stereocenters. The van der Waals surface area contributed by atoms with Crippen LogP contribution in [0.25, 0.3) is 10.9 Å². The van der Waals surface area contributed by atoms with Crippen LogP contribution in [0.2, 0.25) is 0 Å². The Morgan fingerprint density at radius 1 is 1.30 bits per heavy atom. The Morgan fingerprint density at radius 3 is 2.75 bits per heavy atom. The molecule has 1 fully saturated rings. The maximum atomic E-state index is 12.5. The molecular weight excluding hydrogens is 270 g/mol. The second-order valence-electron chi connectivity index (χ2n) is 5.13. The molecule has 0 spiro atoms. The quantitative estimate of drug-likeness (QED) is 0.851. The number of amides is 1. The first-order valence-corrected chi connectivity index (χ1v) is 6.99. The van der Waals surface area contributed by atoms with Gasteiger partial charge in [-0.3, -0.25) is 9.78 Å². The summed E-state index contributed by atoms with van der Waals surface area (Å²) in [6.45, 7) is 0. The summed E-state index contributed by atoms with van der Waals surface area (Å²) in [5.41, 5.74) is 6.69. The lowest BCUT2D eigenvalue weighted by Gasteiger charge is -2.39. The molecule has 0 unspecified atom stereocenters. The van der Waals surface area contributed by atoms with Gasteiger partial charge < -0.3 is 11.1 Å². The third-order valence-corrected chi connectivity index (χ3v) is 4.40. The van der Waals surface area contributed by atoms with Gasteiger partial charge >= 0.3 is 0 Å². The molecule has 20 heavy (non-hydrogen) atoms. The largest absolute Gasteiger partial charge is 0.392 e. The van der Waals surface area contributed by atoms with Crippen LogP contribution < -0.4 is 11.1 Å². The Labute approximate surface area is 122 Å². The van der Waals surface area contributed by atoms with Gasteiger partial charge in [-0.1, -0.05) is 24.7 Å². The first-order valence-electron chi connectivity index (χ1n) is 6.59. The van der Waals surface area contributed by atoms with Crippen LogP contribution in [0.4, 0.5) is 5.69 Å². The topological polar surface area (TPSA) is 68.0 Å². The van der Waals surface area contributed by atoms with E-state index in [9.17, 15) is 4.79 Å². The molecule has 4 nitrogen and oxygen atoms in total. The van der Waals surface area contributed by atoms with Crippen molar-refractivity contribution in [1.82, 2.24) is 4.98 Å². The summed E-state index contributed by atoms with van der Waals surface area (Å²) < 4.78 is 0. The lowest BCUT2D eigenvalue weighted by molar-refractivity contribution is -0.125. The molecule has 0 aliphatic heterocycles. The van der Waals surface area contributed by atoms with Crippen molar-refractivity contribution in [3.05, 3.63) is 36.5 Å². The van der Waals surface area contributed by atoms with E-state index in [1.807, 2.05) is 30.3 Å². The zero-order valence-corrected chi connectivity index (χ0v) is 11.7. The molecule has 0 radical (unpaired) electrons. The van der Waals surface area contributed by atoms with E-state index in [4.69, 9.17) is 18.0 Å². The van der Waals surface area contributed by atoms with Gasteiger partial charge in [-0.15, -0.1) is 0 Å². The molecule has 1 aliphatic carbocycles. The smallest absolute Gasteiger partial charge is 0.237 e. The third-order valence-electron chi connectivity index (χ3n) is 4.01. The number of nitrogens with zero attached hydrogens (tertiary/aromatic N) is 1. The van der Waals surface area contributed by atoms with E-state index in [0.717, 1.165) is 35.9 Å². The van der Waals surface area contributed by atoms with Crippen LogP contribution in [0.15, 0.2) is 36.5 Å². The zero-order chi connectivity index (χ0) is 14.2. The van der Waals surface area contributed by atoms with E-state index in [1.54, 1.807) is 6.20 Å². The lowest BCUT2D eigenvalue weighted by Crippen LogP contribution is -2.50. The third kappa shape index (κ3) is 1.94. The van der Waals surface area contributed by atoms with E-state index in [-0.39, 0.29) is 5.91 Å². The highest BCUT2D eigenvalue weighted by Gasteiger charge is 2.47. The molecule has 1 amide bonds. The second kappa shape index (κ2) is 4.83. The molecule has 1 heterocycles. The SMILES string of the molecule is NC(=S)C1(C(=O)Nc2cccc3ncccc23)CCC1. The Kier molecular flexibility index (Phi) is 3.14. The number of fused-ring (bicyclic) bond motifs is 1. The van der Waals surface area contributed by atoms with E-state index in [2.05, 4.69) is 10.3 Å². The molecule has 3 rings (SSSR count). The van der Waals surface area contributed by atoms with E-state index in [1.165, 1.54) is 0 Å². The standard InChI is InChI=1S/C15H15N3OS/c16-13(20)15(7-3-8-15)14(19)18-12-6-1-5-11-10(12)4-2-9-17-11/h1-2,4-6,9H,3,7-8H2,(H2,16,20)(H,18,19). The highest BCUT2D eigenvalue weighted by Crippen LogP contribution is 2.42. The number of thiocarbonyl (C=S) groups is 1. The predicted molar refractivity (Wildman–Crippen MR) is 83.4 cm³/mol. The van der Waals surface area contributed by atoms with Gasteiger partial charge in [0, 0.05) is 11.6 Å². The van der Waals surface area contributed by atoms with Crippen LogP contribution >= 0.6 is 12.2 Å². The molecule has 3 N–H and O–H groups in total. The summed E-state index contributed by atoms with van der Waals surface area (Å²) >= 11 is 5.07. The molecule has 2 aromatic rings. The van der Waals surface area contributed by atoms with Crippen LogP contribution in [0, 0.1) is 5.41 Å². The summed E-state index contributed by atoms with van der Waals surface area (Å²) in [5, 5.41) is 3.88. The minimum absolute atomic E-state index is 0.104. The van der Waals surface area contributed by atoms with Crippen LogP contribution in [0.1, 0.15) is 19.3 Å². The molecule has 1 aromatic carbocycles. The van der Waals surface area contributed by atoms with Crippen molar-refractivity contribution in [3.63, 3.8) is 0 Å². The Hall–Kier alpha value is -2.01. The monoisotopic (exact) mass is 285 g/mol. The first kappa shape index (κ1) is 13.0. The van der Waals surface area contributed by atoms with Crippen LogP contribution in [0.3, 0.4) is 0 Å². The summed E-state index contributed by atoms with van der Waals surface area (Å²) in [4.78, 5) is 17.1. The highest BCUT2D eigenvalue weighted by molar-refractivity contribution is 7.80. The molecule has 1 aromatic heterocycles. The zero-order valence-electron chi connectivity index (χ0n) is 10.9. The van der Waals surface area contributed by atoms with E-state index < -0.39 is 5.41 Å². The van der Waals surface area contributed by atoms with Gasteiger partial charge in [-0.05, 0) is 37.1 Å². The molecule has 102 valence electrons. The number of anilines is 1. The average Bonchev–Trinajstić information content (AvgIpc) is 2.37. The fourth-order valence-corrected chi connectivity index (χ4v) is 2.87. The predicted octanol–water partition coefficient (Wildman–Crippen LogP) is 2.63. The molecular formula is C15H15N3OS. The van der Waals surface area contributed by atoms with Gasteiger partial charge in [0.25, 0.3) is 0 Å². The van der Waals surface area contributed by atoms with Crippen molar-refractivity contribution in [1.29, 1.82) is 0 Å². The molecule has 5 heteroatoms. The van der Waals surface area contributed by atoms with Gasteiger partial charge in [0.1, 0.15) is 0 Å². The number of nitrogens with two attached hydrogens (primary N) is 1. The maximum absolute atomic E-state index is 12.5. The maximum Gasteiger partial charge on any atom is 0.237 e. The van der Waals surface area contributed by atoms with Crippen LogP contribution in [-0.2, 0) is 4.79 Å². The van der Waals surface area contributed by atoms with E-state index >= 15 is 0 Å². The number of carbonyl (C=O) groups excluding carboxylic acids is 1. The van der Waals surface area contributed by atoms with Crippen molar-refractivity contribution >= 4 is 39.7 Å². The van der Waals surface area contributed by atoms with Crippen LogP contribution in [-0.4, -0.2) is 15.9 Å². The van der Waals surface area contributed by atoms with Gasteiger partial charge in [0.05, 0.1) is 21.6 Å². The van der Waals surface area contributed by atoms with Crippen molar-refractivity contribution in [2.45, 2.75) is 19.3 Å². The Morgan fingerprint density at radius 2 is 2.10 bits per heavy atom. The molecule has 1 aliphatic rings. The number of hydrogen-bond donors (Lipinski definition) is 2. The van der Waals surface area contributed by atoms with Crippen molar-refractivity contribution < 1.29 is 4.79 Å². The molecule has 0 bridgehead atoms. The number of aromatic nitrogens is 1. The Bertz CT molecular complexity index is 689. The minimum Gasteiger partial charge on any atom is -0.392 e. The van der Waals surface area contributed by atoms with Crippen molar-refractivity contribution in [2.75, 3.05) is 5.32 Å². The van der Waals surface area contributed by atoms with E-state index in [0.29, 0.717) is 4.99 Å². The number of pyridine rings is 1. The highest BCUT2D eigenvalue weighted by atomic mass is 32.1. The van der Waals surface area contributed by atoms with Gasteiger partial charge in [-0.25, -0.2) is 0 Å². The fraction of sp³-hybridized carbons (Fsp3) is 0.267. The lowest BCUT2D eigenvalue weighted by atomic mass is 9.68. The normalized spacial score (nSPS) is 16.4. The summed E-state index contributed by atoms with van der Waals surface area (Å²) in [6, 6.07) is 9.45. The summed E-state index contributed by atoms with van der Waals surface area (Å²) in [5.74, 6) is -0.104. The van der Waals surface area contributed by atoms with Gasteiger partial charge in [-0.2, -0.15) is 0 Å². The van der Waals surface area contributed by atoms with Gasteiger partial charge in [0.15, 0.2) is 0 Å². The number of benzene rings is 1. The summed E-state index contributed by atoms with van der Waals surface area (Å²) in [6.07, 6.45) is 4.19. The Balaban J connectivity index is 1.94. The number of nitrogens with one attached hydrogen (secondary N) is 1. The average molecular weight is 285 g/mol. The van der Waals surface area contributed by atoms with Crippen molar-refractivity contribution in [2.24, 2.45) is 11.1 Å². The summed E-state index contributed by atoms with van der Waals surface area (Å²) in [7, 11) is 0. The minimum atomic E-state index is -0.667. The fourth-order valence-electron chi connectivity index (χ4n) is 2.57. The second-order valence-corrected chi connectivity index (χ2v) is 5.57. The van der Waals surface area contributed by atoms with Gasteiger partial charge in [0.2, 0.25) is 5.91 Å². The number of carbonyl (C=O) groups is 1. The van der Waals surface area contributed by atoms with Crippen LogP contribution in [0.5, 0.6) is 0 Å². The van der Waals surface area contributed by atoms with Crippen molar-refractivity contribution in [3.8, 4) is 0 Å².